The molecule has 0 aliphatic rings. The van der Waals surface area contributed by atoms with Gasteiger partial charge in [-0.1, -0.05) is 0 Å². The molecule has 1 heterocycles. The maximum atomic E-state index is 12.1. The predicted octanol–water partition coefficient (Wildman–Crippen LogP) is 2.91. The van der Waals surface area contributed by atoms with Gasteiger partial charge in [0.25, 0.3) is 6.43 Å². The second kappa shape index (κ2) is 4.50. The quantitative estimate of drug-likeness (QED) is 0.835. The number of alkyl halides is 2. The lowest BCUT2D eigenvalue weighted by molar-refractivity contribution is 0.130. The summed E-state index contributed by atoms with van der Waals surface area (Å²) in [6.07, 6.45) is -0.869. The molecule has 1 unspecified atom stereocenters. The number of pyridine rings is 1. The van der Waals surface area contributed by atoms with Gasteiger partial charge in [-0.3, -0.25) is 0 Å². The molecule has 72 valence electrons. The highest BCUT2D eigenvalue weighted by atomic mass is 79.9. The minimum atomic E-state index is -2.37. The molecule has 5 heteroatoms. The average molecular weight is 251 g/mol. The molecule has 0 saturated heterocycles. The molecule has 2 nitrogen and oxygen atoms in total. The molecular weight excluding hydrogens is 242 g/mol. The van der Waals surface area contributed by atoms with Crippen molar-refractivity contribution in [3.8, 4) is 0 Å². The summed E-state index contributed by atoms with van der Waals surface area (Å²) in [5.74, 6) is 0. The Kier molecular flexibility index (Phi) is 3.59. The first kappa shape index (κ1) is 10.4. The Balaban J connectivity index is 2.59. The summed E-state index contributed by atoms with van der Waals surface area (Å²) in [5, 5.41) is 2.64. The second-order valence-corrected chi connectivity index (χ2v) is 3.45. The van der Waals surface area contributed by atoms with Gasteiger partial charge in [0.1, 0.15) is 4.60 Å². The fraction of sp³-hybridized carbons (Fsp3) is 0.375. The van der Waals surface area contributed by atoms with Crippen LogP contribution in [0.5, 0.6) is 0 Å². The van der Waals surface area contributed by atoms with Gasteiger partial charge in [0, 0.05) is 0 Å². The summed E-state index contributed by atoms with van der Waals surface area (Å²) in [7, 11) is 0. The zero-order valence-electron chi connectivity index (χ0n) is 6.97. The summed E-state index contributed by atoms with van der Waals surface area (Å²) in [5.41, 5.74) is 0.594. The van der Waals surface area contributed by atoms with E-state index < -0.39 is 12.5 Å². The lowest BCUT2D eigenvalue weighted by Gasteiger charge is -2.13. The molecule has 1 atom stereocenters. The zero-order valence-corrected chi connectivity index (χ0v) is 8.55. The van der Waals surface area contributed by atoms with Crippen molar-refractivity contribution in [2.75, 3.05) is 5.32 Å². The van der Waals surface area contributed by atoms with Gasteiger partial charge in [-0.25, -0.2) is 13.8 Å². The van der Waals surface area contributed by atoms with Gasteiger partial charge < -0.3 is 5.32 Å². The molecule has 0 aliphatic heterocycles. The maximum Gasteiger partial charge on any atom is 0.258 e. The Hall–Kier alpha value is -0.710. The van der Waals surface area contributed by atoms with E-state index in [1.165, 1.54) is 13.1 Å². The fourth-order valence-electron chi connectivity index (χ4n) is 0.787. The lowest BCUT2D eigenvalue weighted by Crippen LogP contribution is -2.23. The highest BCUT2D eigenvalue weighted by Crippen LogP contribution is 2.13. The maximum absolute atomic E-state index is 12.1. The van der Waals surface area contributed by atoms with E-state index in [1.807, 2.05) is 0 Å². The van der Waals surface area contributed by atoms with Crippen molar-refractivity contribution in [1.29, 1.82) is 0 Å². The molecule has 0 radical (unpaired) electrons. The first-order chi connectivity index (χ1) is 6.09. The van der Waals surface area contributed by atoms with Crippen molar-refractivity contribution >= 4 is 21.6 Å². The van der Waals surface area contributed by atoms with Gasteiger partial charge in [-0.15, -0.1) is 0 Å². The molecule has 13 heavy (non-hydrogen) atoms. The van der Waals surface area contributed by atoms with Gasteiger partial charge in [0.05, 0.1) is 17.9 Å². The molecule has 0 aromatic carbocycles. The van der Waals surface area contributed by atoms with E-state index >= 15 is 0 Å². The Morgan fingerprint density at radius 1 is 1.46 bits per heavy atom. The molecule has 0 amide bonds. The zero-order chi connectivity index (χ0) is 9.84. The average Bonchev–Trinajstić information content (AvgIpc) is 2.08. The Morgan fingerprint density at radius 3 is 2.62 bits per heavy atom. The minimum Gasteiger partial charge on any atom is -0.376 e. The van der Waals surface area contributed by atoms with Crippen molar-refractivity contribution in [2.24, 2.45) is 0 Å². The summed E-state index contributed by atoms with van der Waals surface area (Å²) in [6.45, 7) is 1.42. The Labute approximate surface area is 83.5 Å². The van der Waals surface area contributed by atoms with E-state index in [1.54, 1.807) is 12.1 Å². The third-order valence-electron chi connectivity index (χ3n) is 1.50. The largest absolute Gasteiger partial charge is 0.376 e. The van der Waals surface area contributed by atoms with Crippen LogP contribution in [0.4, 0.5) is 14.5 Å². The number of nitrogens with one attached hydrogen (secondary N) is 1. The van der Waals surface area contributed by atoms with Crippen LogP contribution in [0.1, 0.15) is 6.92 Å². The highest BCUT2D eigenvalue weighted by molar-refractivity contribution is 9.10. The smallest absolute Gasteiger partial charge is 0.258 e. The van der Waals surface area contributed by atoms with Crippen LogP contribution in [0, 0.1) is 0 Å². The number of aromatic nitrogens is 1. The van der Waals surface area contributed by atoms with Crippen molar-refractivity contribution in [3.05, 3.63) is 22.9 Å². The predicted molar refractivity (Wildman–Crippen MR) is 51.0 cm³/mol. The van der Waals surface area contributed by atoms with E-state index in [4.69, 9.17) is 0 Å². The van der Waals surface area contributed by atoms with Gasteiger partial charge >= 0.3 is 0 Å². The molecule has 0 fully saturated rings. The van der Waals surface area contributed by atoms with Gasteiger partial charge in [-0.05, 0) is 35.0 Å². The molecule has 0 bridgehead atoms. The molecule has 0 aliphatic carbocycles. The monoisotopic (exact) mass is 250 g/mol. The van der Waals surface area contributed by atoms with E-state index in [0.717, 1.165) is 0 Å². The molecule has 0 spiro atoms. The number of nitrogens with zero attached hydrogens (tertiary/aromatic N) is 1. The number of halogens is 3. The number of hydrogen-bond acceptors (Lipinski definition) is 2. The van der Waals surface area contributed by atoms with Crippen molar-refractivity contribution in [3.63, 3.8) is 0 Å². The lowest BCUT2D eigenvalue weighted by atomic mass is 10.3. The third kappa shape index (κ3) is 3.26. The highest BCUT2D eigenvalue weighted by Gasteiger charge is 2.13. The molecule has 0 saturated carbocycles. The molecule has 1 N–H and O–H groups in total. The van der Waals surface area contributed by atoms with Gasteiger partial charge in [0.2, 0.25) is 0 Å². The van der Waals surface area contributed by atoms with E-state index in [9.17, 15) is 8.78 Å². The van der Waals surface area contributed by atoms with Crippen LogP contribution in [-0.2, 0) is 0 Å². The molecular formula is C8H9BrF2N2. The standard InChI is InChI=1S/C8H9BrF2N2/c1-5(8(10)11)13-6-2-3-7(9)12-4-6/h2-5,8,13H,1H3. The van der Waals surface area contributed by atoms with Crippen LogP contribution >= 0.6 is 15.9 Å². The second-order valence-electron chi connectivity index (χ2n) is 2.64. The Bertz CT molecular complexity index is 263. The topological polar surface area (TPSA) is 24.9 Å². The van der Waals surface area contributed by atoms with Gasteiger partial charge in [-0.2, -0.15) is 0 Å². The Morgan fingerprint density at radius 2 is 2.15 bits per heavy atom. The third-order valence-corrected chi connectivity index (χ3v) is 1.97. The van der Waals surface area contributed by atoms with Crippen LogP contribution in [0.15, 0.2) is 22.9 Å². The normalized spacial score (nSPS) is 13.0. The molecule has 1 aromatic rings. The van der Waals surface area contributed by atoms with Crippen molar-refractivity contribution < 1.29 is 8.78 Å². The van der Waals surface area contributed by atoms with E-state index in [0.29, 0.717) is 10.3 Å². The summed E-state index contributed by atoms with van der Waals surface area (Å²) in [4.78, 5) is 3.90. The number of hydrogen-bond donors (Lipinski definition) is 1. The van der Waals surface area contributed by atoms with Crippen LogP contribution in [0.3, 0.4) is 0 Å². The summed E-state index contributed by atoms with van der Waals surface area (Å²) >= 11 is 3.15. The minimum absolute atomic E-state index is 0.594. The molecule has 1 aromatic heterocycles. The summed E-state index contributed by atoms with van der Waals surface area (Å²) < 4.78 is 24.9. The van der Waals surface area contributed by atoms with Crippen LogP contribution < -0.4 is 5.32 Å². The van der Waals surface area contributed by atoms with Crippen molar-refractivity contribution in [2.45, 2.75) is 19.4 Å². The van der Waals surface area contributed by atoms with Gasteiger partial charge in [0.15, 0.2) is 0 Å². The van der Waals surface area contributed by atoms with E-state index in [2.05, 4.69) is 26.2 Å². The first-order valence-electron chi connectivity index (χ1n) is 3.76. The summed E-state index contributed by atoms with van der Waals surface area (Å²) in [6, 6.07) is 2.53. The van der Waals surface area contributed by atoms with Crippen LogP contribution in [-0.4, -0.2) is 17.5 Å². The van der Waals surface area contributed by atoms with E-state index in [-0.39, 0.29) is 0 Å². The number of anilines is 1. The fourth-order valence-corrected chi connectivity index (χ4v) is 1.02. The van der Waals surface area contributed by atoms with Crippen LogP contribution in [0.2, 0.25) is 0 Å². The molecule has 1 rings (SSSR count). The number of rotatable bonds is 3. The first-order valence-corrected chi connectivity index (χ1v) is 4.55. The van der Waals surface area contributed by atoms with Crippen LogP contribution in [0.25, 0.3) is 0 Å². The van der Waals surface area contributed by atoms with Crippen molar-refractivity contribution in [1.82, 2.24) is 4.98 Å². The SMILES string of the molecule is CC(Nc1ccc(Br)nc1)C(F)F.